The second-order valence-electron chi connectivity index (χ2n) is 6.09. The van der Waals surface area contributed by atoms with Gasteiger partial charge in [0.05, 0.1) is 6.67 Å². The number of likely N-dealkylation sites (tertiary alicyclic amines) is 1. The Balaban J connectivity index is 1.68. The summed E-state index contributed by atoms with van der Waals surface area (Å²) in [4.78, 5) is 13.5. The molecule has 0 bridgehead atoms. The zero-order chi connectivity index (χ0) is 15.0. The summed E-state index contributed by atoms with van der Waals surface area (Å²) in [6.45, 7) is 5.48. The topological polar surface area (TPSA) is 69.1 Å². The molecule has 2 aliphatic rings. The smallest absolute Gasteiger partial charge is 0.220 e. The molecule has 1 aliphatic carbocycles. The second-order valence-corrected chi connectivity index (χ2v) is 6.46. The number of nitrogens with two attached hydrogens (primary N) is 1. The molecule has 2 heterocycles. The van der Waals surface area contributed by atoms with E-state index in [0.29, 0.717) is 5.92 Å². The fourth-order valence-corrected chi connectivity index (χ4v) is 3.36. The Morgan fingerprint density at radius 1 is 1.33 bits per heavy atom. The van der Waals surface area contributed by atoms with Gasteiger partial charge in [-0.1, -0.05) is 0 Å². The Hall–Kier alpha value is -1.21. The summed E-state index contributed by atoms with van der Waals surface area (Å²) in [5.74, 6) is 1.62. The number of carbonyl (C=O) groups excluding carboxylic acids is 1. The molecule has 0 atom stereocenters. The van der Waals surface area contributed by atoms with E-state index in [2.05, 4.69) is 16.4 Å². The van der Waals surface area contributed by atoms with Crippen molar-refractivity contribution >= 4 is 18.1 Å². The highest BCUT2D eigenvalue weighted by Crippen LogP contribution is 2.39. The lowest BCUT2D eigenvalue weighted by Gasteiger charge is -2.30. The molecule has 21 heavy (non-hydrogen) atoms. The van der Waals surface area contributed by atoms with E-state index in [0.717, 1.165) is 49.7 Å². The number of nitrogens with zero attached hydrogens (tertiary/aromatic N) is 4. The third-order valence-corrected chi connectivity index (χ3v) is 4.97. The molecular weight excluding hydrogens is 286 g/mol. The van der Waals surface area contributed by atoms with Crippen molar-refractivity contribution in [3.05, 3.63) is 10.6 Å². The molecule has 0 radical (unpaired) electrons. The van der Waals surface area contributed by atoms with E-state index >= 15 is 0 Å². The normalized spacial score (nSPS) is 20.8. The van der Waals surface area contributed by atoms with Gasteiger partial charge in [-0.05, 0) is 44.8 Å². The highest BCUT2D eigenvalue weighted by molar-refractivity contribution is 7.71. The Morgan fingerprint density at radius 3 is 2.52 bits per heavy atom. The van der Waals surface area contributed by atoms with Crippen molar-refractivity contribution in [2.45, 2.75) is 51.7 Å². The third-order valence-electron chi connectivity index (χ3n) is 4.53. The maximum atomic E-state index is 11.2. The summed E-state index contributed by atoms with van der Waals surface area (Å²) in [5.41, 5.74) is 5.38. The van der Waals surface area contributed by atoms with Crippen LogP contribution in [0.1, 0.15) is 44.3 Å². The van der Waals surface area contributed by atoms with Crippen molar-refractivity contribution in [3.8, 4) is 0 Å². The van der Waals surface area contributed by atoms with Gasteiger partial charge in [0.15, 0.2) is 4.77 Å². The molecule has 1 amide bonds. The predicted molar refractivity (Wildman–Crippen MR) is 82.2 cm³/mol. The van der Waals surface area contributed by atoms with Crippen LogP contribution in [0.15, 0.2) is 0 Å². The predicted octanol–water partition coefficient (Wildman–Crippen LogP) is 1.47. The molecule has 1 aromatic heterocycles. The molecule has 7 heteroatoms. The monoisotopic (exact) mass is 309 g/mol. The number of amides is 1. The van der Waals surface area contributed by atoms with Crippen LogP contribution in [0.5, 0.6) is 0 Å². The molecule has 6 nitrogen and oxygen atoms in total. The molecule has 0 unspecified atom stereocenters. The van der Waals surface area contributed by atoms with Crippen LogP contribution in [0, 0.1) is 10.7 Å². The van der Waals surface area contributed by atoms with Crippen molar-refractivity contribution in [2.24, 2.45) is 11.7 Å². The van der Waals surface area contributed by atoms with Gasteiger partial charge < -0.3 is 10.3 Å². The fourth-order valence-electron chi connectivity index (χ4n) is 3.04. The van der Waals surface area contributed by atoms with E-state index < -0.39 is 0 Å². The third kappa shape index (κ3) is 3.03. The van der Waals surface area contributed by atoms with Crippen molar-refractivity contribution in [2.75, 3.05) is 13.1 Å². The Morgan fingerprint density at radius 2 is 2.00 bits per heavy atom. The van der Waals surface area contributed by atoms with Crippen molar-refractivity contribution < 1.29 is 4.79 Å². The summed E-state index contributed by atoms with van der Waals surface area (Å²) in [6.07, 6.45) is 4.14. The van der Waals surface area contributed by atoms with Crippen LogP contribution in [-0.2, 0) is 18.0 Å². The van der Waals surface area contributed by atoms with Crippen molar-refractivity contribution in [3.63, 3.8) is 0 Å². The maximum Gasteiger partial charge on any atom is 0.220 e. The van der Waals surface area contributed by atoms with Crippen LogP contribution in [0.4, 0.5) is 0 Å². The molecule has 2 fully saturated rings. The molecule has 116 valence electrons. The first kappa shape index (κ1) is 14.7. The summed E-state index contributed by atoms with van der Waals surface area (Å²) in [5, 5.41) is 4.73. The molecule has 0 aromatic carbocycles. The van der Waals surface area contributed by atoms with Crippen LogP contribution in [0.3, 0.4) is 0 Å². The molecule has 1 aliphatic heterocycles. The number of hydrogen-bond acceptors (Lipinski definition) is 4. The quantitative estimate of drug-likeness (QED) is 0.836. The zero-order valence-electron chi connectivity index (χ0n) is 12.5. The Bertz CT molecular complexity index is 581. The van der Waals surface area contributed by atoms with Crippen molar-refractivity contribution in [1.29, 1.82) is 0 Å². The van der Waals surface area contributed by atoms with Crippen LogP contribution < -0.4 is 5.73 Å². The summed E-state index contributed by atoms with van der Waals surface area (Å²) < 4.78 is 4.91. The fraction of sp³-hybridized carbons (Fsp3) is 0.786. The Kier molecular flexibility index (Phi) is 4.12. The lowest BCUT2D eigenvalue weighted by Crippen LogP contribution is -2.39. The SMILES string of the molecule is CCn1c(C2CC2)nn(CN2CCC(C(N)=O)CC2)c1=S. The average molecular weight is 309 g/mol. The second kappa shape index (κ2) is 5.88. The van der Waals surface area contributed by atoms with E-state index in [9.17, 15) is 4.79 Å². The summed E-state index contributed by atoms with van der Waals surface area (Å²) >= 11 is 5.55. The number of primary amides is 1. The summed E-state index contributed by atoms with van der Waals surface area (Å²) in [6, 6.07) is 0. The first-order valence-electron chi connectivity index (χ1n) is 7.79. The molecule has 0 spiro atoms. The standard InChI is InChI=1S/C14H23N5OS/c1-2-18-13(11-3-4-11)16-19(14(18)21)9-17-7-5-10(6-8-17)12(15)20/h10-11H,2-9H2,1H3,(H2,15,20). The average Bonchev–Trinajstić information content (AvgIpc) is 3.26. The van der Waals surface area contributed by atoms with E-state index in [1.54, 1.807) is 0 Å². The lowest BCUT2D eigenvalue weighted by atomic mass is 9.97. The molecule has 1 saturated heterocycles. The highest BCUT2D eigenvalue weighted by Gasteiger charge is 2.30. The van der Waals surface area contributed by atoms with E-state index in [1.165, 1.54) is 12.8 Å². The van der Waals surface area contributed by atoms with Gasteiger partial charge >= 0.3 is 0 Å². The first-order chi connectivity index (χ1) is 10.1. The van der Waals surface area contributed by atoms with E-state index in [1.807, 2.05) is 4.68 Å². The zero-order valence-corrected chi connectivity index (χ0v) is 13.3. The molecule has 1 saturated carbocycles. The lowest BCUT2D eigenvalue weighted by molar-refractivity contribution is -0.123. The number of carbonyl (C=O) groups is 1. The molecule has 1 aromatic rings. The van der Waals surface area contributed by atoms with Gasteiger partial charge in [0, 0.05) is 31.5 Å². The van der Waals surface area contributed by atoms with Gasteiger partial charge in [-0.3, -0.25) is 9.69 Å². The number of piperidine rings is 1. The van der Waals surface area contributed by atoms with Gasteiger partial charge in [-0.2, -0.15) is 5.10 Å². The Labute approximate surface area is 129 Å². The van der Waals surface area contributed by atoms with Crippen LogP contribution in [0.25, 0.3) is 0 Å². The molecule has 3 rings (SSSR count). The largest absolute Gasteiger partial charge is 0.369 e. The summed E-state index contributed by atoms with van der Waals surface area (Å²) in [7, 11) is 0. The van der Waals surface area contributed by atoms with Crippen LogP contribution >= 0.6 is 12.2 Å². The minimum absolute atomic E-state index is 0.0319. The van der Waals surface area contributed by atoms with Crippen LogP contribution in [0.2, 0.25) is 0 Å². The number of aromatic nitrogens is 3. The van der Waals surface area contributed by atoms with Gasteiger partial charge in [0.25, 0.3) is 0 Å². The first-order valence-corrected chi connectivity index (χ1v) is 8.20. The minimum atomic E-state index is -0.169. The van der Waals surface area contributed by atoms with E-state index in [4.69, 9.17) is 23.1 Å². The number of hydrogen-bond donors (Lipinski definition) is 1. The van der Waals surface area contributed by atoms with Gasteiger partial charge in [0.1, 0.15) is 5.82 Å². The highest BCUT2D eigenvalue weighted by atomic mass is 32.1. The van der Waals surface area contributed by atoms with Gasteiger partial charge in [0.2, 0.25) is 5.91 Å². The van der Waals surface area contributed by atoms with Crippen molar-refractivity contribution in [1.82, 2.24) is 19.2 Å². The minimum Gasteiger partial charge on any atom is -0.369 e. The number of rotatable bonds is 5. The molecule has 2 N–H and O–H groups in total. The molecular formula is C14H23N5OS. The maximum absolute atomic E-state index is 11.2. The van der Waals surface area contributed by atoms with Crippen LogP contribution in [-0.4, -0.2) is 38.2 Å². The van der Waals surface area contributed by atoms with Gasteiger partial charge in [-0.15, -0.1) is 0 Å². The van der Waals surface area contributed by atoms with Gasteiger partial charge in [-0.25, -0.2) is 4.68 Å². The van der Waals surface area contributed by atoms with E-state index in [-0.39, 0.29) is 11.8 Å².